The van der Waals surface area contributed by atoms with Gasteiger partial charge in [0.1, 0.15) is 0 Å². The van der Waals surface area contributed by atoms with E-state index in [2.05, 4.69) is 15.8 Å². The SMILES string of the molecule is CCC(=O)Nc1ccc(C(=O)N/N=C/c2ccccc2)cc1. The molecule has 0 heterocycles. The number of rotatable bonds is 5. The van der Waals surface area contributed by atoms with Gasteiger partial charge in [0, 0.05) is 17.7 Å². The van der Waals surface area contributed by atoms with Crippen molar-refractivity contribution in [3.8, 4) is 0 Å². The van der Waals surface area contributed by atoms with Gasteiger partial charge in [-0.25, -0.2) is 5.43 Å². The summed E-state index contributed by atoms with van der Waals surface area (Å²) in [5, 5.41) is 6.63. The lowest BCUT2D eigenvalue weighted by Crippen LogP contribution is -2.17. The molecule has 112 valence electrons. The molecule has 0 spiro atoms. The number of amides is 2. The van der Waals surface area contributed by atoms with Crippen LogP contribution < -0.4 is 10.7 Å². The van der Waals surface area contributed by atoms with Gasteiger partial charge in [0.25, 0.3) is 5.91 Å². The highest BCUT2D eigenvalue weighted by atomic mass is 16.2. The number of hydrogen-bond donors (Lipinski definition) is 2. The van der Waals surface area contributed by atoms with Crippen LogP contribution in [0.5, 0.6) is 0 Å². The van der Waals surface area contributed by atoms with Crippen molar-refractivity contribution in [3.05, 3.63) is 65.7 Å². The predicted octanol–water partition coefficient (Wildman–Crippen LogP) is 2.80. The Balaban J connectivity index is 1.92. The fourth-order valence-electron chi connectivity index (χ4n) is 1.72. The van der Waals surface area contributed by atoms with Crippen molar-refractivity contribution in [2.24, 2.45) is 5.10 Å². The number of carbonyl (C=O) groups is 2. The van der Waals surface area contributed by atoms with E-state index in [0.29, 0.717) is 17.7 Å². The second-order valence-corrected chi connectivity index (χ2v) is 4.59. The Bertz CT molecular complexity index is 664. The van der Waals surface area contributed by atoms with Gasteiger partial charge >= 0.3 is 0 Å². The molecule has 2 N–H and O–H groups in total. The highest BCUT2D eigenvalue weighted by Gasteiger charge is 2.04. The Labute approximate surface area is 129 Å². The van der Waals surface area contributed by atoms with Crippen LogP contribution in [0.3, 0.4) is 0 Å². The van der Waals surface area contributed by atoms with E-state index in [0.717, 1.165) is 5.56 Å². The first-order valence-corrected chi connectivity index (χ1v) is 6.97. The molecule has 2 amide bonds. The van der Waals surface area contributed by atoms with Crippen LogP contribution in [0, 0.1) is 0 Å². The predicted molar refractivity (Wildman–Crippen MR) is 86.9 cm³/mol. The van der Waals surface area contributed by atoms with Gasteiger partial charge in [0.05, 0.1) is 6.21 Å². The van der Waals surface area contributed by atoms with Crippen molar-refractivity contribution in [2.45, 2.75) is 13.3 Å². The average Bonchev–Trinajstić information content (AvgIpc) is 2.56. The number of hydrogen-bond acceptors (Lipinski definition) is 3. The lowest BCUT2D eigenvalue weighted by Gasteiger charge is -2.04. The normalized spacial score (nSPS) is 10.4. The largest absolute Gasteiger partial charge is 0.326 e. The fourth-order valence-corrected chi connectivity index (χ4v) is 1.72. The first-order chi connectivity index (χ1) is 10.7. The summed E-state index contributed by atoms with van der Waals surface area (Å²) in [5.41, 5.74) is 4.50. The van der Waals surface area contributed by atoms with Crippen LogP contribution in [0.15, 0.2) is 59.7 Å². The first kappa shape index (κ1) is 15.4. The van der Waals surface area contributed by atoms with E-state index in [1.54, 1.807) is 37.4 Å². The van der Waals surface area contributed by atoms with Gasteiger partial charge in [0.15, 0.2) is 0 Å². The molecule has 0 saturated carbocycles. The smallest absolute Gasteiger partial charge is 0.271 e. The maximum Gasteiger partial charge on any atom is 0.271 e. The second-order valence-electron chi connectivity index (χ2n) is 4.59. The van der Waals surface area contributed by atoms with Crippen LogP contribution in [-0.4, -0.2) is 18.0 Å². The topological polar surface area (TPSA) is 70.6 Å². The molecule has 0 bridgehead atoms. The molecule has 5 nitrogen and oxygen atoms in total. The molecule has 2 rings (SSSR count). The van der Waals surface area contributed by atoms with E-state index < -0.39 is 0 Å². The second kappa shape index (κ2) is 7.73. The van der Waals surface area contributed by atoms with Crippen LogP contribution in [-0.2, 0) is 4.79 Å². The summed E-state index contributed by atoms with van der Waals surface area (Å²) in [4.78, 5) is 23.2. The van der Waals surface area contributed by atoms with Crippen LogP contribution in [0.25, 0.3) is 0 Å². The molecule has 2 aromatic carbocycles. The van der Waals surface area contributed by atoms with E-state index in [9.17, 15) is 9.59 Å². The molecule has 0 fully saturated rings. The summed E-state index contributed by atoms with van der Waals surface area (Å²) >= 11 is 0. The molecule has 22 heavy (non-hydrogen) atoms. The number of nitrogens with one attached hydrogen (secondary N) is 2. The summed E-state index contributed by atoms with van der Waals surface area (Å²) in [6, 6.07) is 16.1. The van der Waals surface area contributed by atoms with Gasteiger partial charge in [-0.15, -0.1) is 0 Å². The third kappa shape index (κ3) is 4.56. The summed E-state index contributed by atoms with van der Waals surface area (Å²) in [7, 11) is 0. The molecule has 0 unspecified atom stereocenters. The molecule has 0 aliphatic rings. The van der Waals surface area contributed by atoms with E-state index in [1.165, 1.54) is 0 Å². The van der Waals surface area contributed by atoms with Gasteiger partial charge in [-0.05, 0) is 29.8 Å². The number of anilines is 1. The molecule has 0 aromatic heterocycles. The Morgan fingerprint density at radius 2 is 1.73 bits per heavy atom. The Morgan fingerprint density at radius 1 is 1.05 bits per heavy atom. The zero-order valence-electron chi connectivity index (χ0n) is 12.2. The van der Waals surface area contributed by atoms with Crippen LogP contribution in [0.1, 0.15) is 29.3 Å². The van der Waals surface area contributed by atoms with Gasteiger partial charge in [-0.2, -0.15) is 5.10 Å². The van der Waals surface area contributed by atoms with E-state index in [-0.39, 0.29) is 11.8 Å². The Morgan fingerprint density at radius 3 is 2.36 bits per heavy atom. The monoisotopic (exact) mass is 295 g/mol. The van der Waals surface area contributed by atoms with Crippen LogP contribution in [0.2, 0.25) is 0 Å². The van der Waals surface area contributed by atoms with Gasteiger partial charge < -0.3 is 5.32 Å². The first-order valence-electron chi connectivity index (χ1n) is 6.97. The molecule has 0 atom stereocenters. The maximum atomic E-state index is 11.9. The Kier molecular flexibility index (Phi) is 5.43. The zero-order valence-corrected chi connectivity index (χ0v) is 12.2. The van der Waals surface area contributed by atoms with E-state index in [4.69, 9.17) is 0 Å². The van der Waals surface area contributed by atoms with Gasteiger partial charge in [-0.1, -0.05) is 37.3 Å². The van der Waals surface area contributed by atoms with E-state index in [1.807, 2.05) is 30.3 Å². The van der Waals surface area contributed by atoms with Crippen LogP contribution >= 0.6 is 0 Å². The Hall–Kier alpha value is -2.95. The minimum Gasteiger partial charge on any atom is -0.326 e. The summed E-state index contributed by atoms with van der Waals surface area (Å²) in [6.45, 7) is 1.78. The number of carbonyl (C=O) groups excluding carboxylic acids is 2. The standard InChI is InChI=1S/C17H17N3O2/c1-2-16(21)19-15-10-8-14(9-11-15)17(22)20-18-12-13-6-4-3-5-7-13/h3-12H,2H2,1H3,(H,19,21)(H,20,22)/b18-12+. The zero-order chi connectivity index (χ0) is 15.8. The van der Waals surface area contributed by atoms with Crippen LogP contribution in [0.4, 0.5) is 5.69 Å². The van der Waals surface area contributed by atoms with Crippen molar-refractivity contribution >= 4 is 23.7 Å². The number of nitrogens with zero attached hydrogens (tertiary/aromatic N) is 1. The third-order valence-electron chi connectivity index (χ3n) is 2.93. The molecule has 0 saturated heterocycles. The van der Waals surface area contributed by atoms with E-state index >= 15 is 0 Å². The highest BCUT2D eigenvalue weighted by molar-refractivity contribution is 5.96. The fraction of sp³-hybridized carbons (Fsp3) is 0.118. The number of hydrazone groups is 1. The molecule has 0 aliphatic heterocycles. The van der Waals surface area contributed by atoms with Crippen molar-refractivity contribution in [1.82, 2.24) is 5.43 Å². The minimum absolute atomic E-state index is 0.0651. The molecule has 0 aliphatic carbocycles. The molecule has 0 radical (unpaired) electrons. The average molecular weight is 295 g/mol. The summed E-state index contributed by atoms with van der Waals surface area (Å²) < 4.78 is 0. The van der Waals surface area contributed by atoms with Crippen molar-refractivity contribution in [3.63, 3.8) is 0 Å². The number of benzene rings is 2. The molecular formula is C17H17N3O2. The highest BCUT2D eigenvalue weighted by Crippen LogP contribution is 2.09. The van der Waals surface area contributed by atoms with Crippen molar-refractivity contribution in [1.29, 1.82) is 0 Å². The molecule has 2 aromatic rings. The third-order valence-corrected chi connectivity index (χ3v) is 2.93. The molecular weight excluding hydrogens is 278 g/mol. The summed E-state index contributed by atoms with van der Waals surface area (Å²) in [6.07, 6.45) is 1.99. The van der Waals surface area contributed by atoms with Gasteiger partial charge in [-0.3, -0.25) is 9.59 Å². The maximum absolute atomic E-state index is 11.9. The minimum atomic E-state index is -0.305. The molecule has 5 heteroatoms. The summed E-state index contributed by atoms with van der Waals surface area (Å²) in [5.74, 6) is -0.370. The lowest BCUT2D eigenvalue weighted by atomic mass is 10.2. The van der Waals surface area contributed by atoms with Gasteiger partial charge in [0.2, 0.25) is 5.91 Å². The van der Waals surface area contributed by atoms with Crippen molar-refractivity contribution < 1.29 is 9.59 Å². The quantitative estimate of drug-likeness (QED) is 0.657. The van der Waals surface area contributed by atoms with Crippen molar-refractivity contribution in [2.75, 3.05) is 5.32 Å². The lowest BCUT2D eigenvalue weighted by molar-refractivity contribution is -0.115.